The van der Waals surface area contributed by atoms with E-state index in [0.29, 0.717) is 18.9 Å². The fraction of sp³-hybridized carbons (Fsp3) is 0.417. The maximum Gasteiger partial charge on any atom is 0.119 e. The minimum atomic E-state index is 0.678. The summed E-state index contributed by atoms with van der Waals surface area (Å²) < 4.78 is 17.6. The Morgan fingerprint density at radius 2 is 1.54 bits per heavy atom. The van der Waals surface area contributed by atoms with Gasteiger partial charge < -0.3 is 4.74 Å². The van der Waals surface area contributed by atoms with Gasteiger partial charge in [0.25, 0.3) is 0 Å². The van der Waals surface area contributed by atoms with E-state index in [1.807, 2.05) is 19.1 Å². The van der Waals surface area contributed by atoms with Gasteiger partial charge in [0.1, 0.15) is 5.75 Å². The lowest BCUT2D eigenvalue weighted by Gasteiger charge is -2.28. The van der Waals surface area contributed by atoms with E-state index in [2.05, 4.69) is 36.4 Å². The monoisotopic (exact) mass is 352 g/mol. The van der Waals surface area contributed by atoms with E-state index in [0.717, 1.165) is 24.5 Å². The zero-order valence-corrected chi connectivity index (χ0v) is 15.7. The number of hydrogen-bond acceptors (Lipinski definition) is 1. The van der Waals surface area contributed by atoms with Crippen molar-refractivity contribution in [3.63, 3.8) is 0 Å². The lowest BCUT2D eigenvalue weighted by molar-refractivity contribution is 0.311. The molecule has 0 aromatic heterocycles. The molecule has 26 heavy (non-hydrogen) atoms. The van der Waals surface area contributed by atoms with Crippen LogP contribution >= 0.6 is 0 Å². The summed E-state index contributed by atoms with van der Waals surface area (Å²) in [6.07, 6.45) is 9.38. The van der Waals surface area contributed by atoms with Crippen molar-refractivity contribution in [2.24, 2.45) is 5.92 Å². The Kier molecular flexibility index (Phi) is 6.88. The number of halogens is 1. The Morgan fingerprint density at radius 3 is 2.12 bits per heavy atom. The highest BCUT2D eigenvalue weighted by molar-refractivity contribution is 5.64. The average Bonchev–Trinajstić information content (AvgIpc) is 2.70. The number of ether oxygens (including phenoxy) is 1. The van der Waals surface area contributed by atoms with Gasteiger partial charge >= 0.3 is 0 Å². The van der Waals surface area contributed by atoms with E-state index in [1.54, 1.807) is 6.08 Å². The van der Waals surface area contributed by atoms with Gasteiger partial charge in [0.15, 0.2) is 0 Å². The largest absolute Gasteiger partial charge is 0.494 e. The Balaban J connectivity index is 1.56. The summed E-state index contributed by atoms with van der Waals surface area (Å²) in [5, 5.41) is 0. The second-order valence-corrected chi connectivity index (χ2v) is 7.24. The van der Waals surface area contributed by atoms with Crippen LogP contribution in [0.25, 0.3) is 11.1 Å². The number of rotatable bonds is 7. The maximum absolute atomic E-state index is 12.1. The van der Waals surface area contributed by atoms with Crippen molar-refractivity contribution < 1.29 is 9.13 Å². The molecule has 1 nitrogen and oxygen atoms in total. The Hall–Kier alpha value is -2.09. The van der Waals surface area contributed by atoms with Crippen LogP contribution in [0.4, 0.5) is 4.39 Å². The molecule has 2 heteroatoms. The standard InChI is InChI=1S/C24H29FO/c1-2-26-24-16-14-23(15-17-24)22-12-10-21(11-13-22)20-8-6-19(7-9-20)5-3-4-18-25/h4,10-20H,2-3,5-9H2,1H3/t19-,20-. The lowest BCUT2D eigenvalue weighted by Crippen LogP contribution is -2.13. The molecule has 0 unspecified atom stereocenters. The number of hydrogen-bond donors (Lipinski definition) is 0. The van der Waals surface area contributed by atoms with Crippen molar-refractivity contribution in [3.8, 4) is 16.9 Å². The molecule has 0 radical (unpaired) electrons. The van der Waals surface area contributed by atoms with Gasteiger partial charge in [0.2, 0.25) is 0 Å². The molecular weight excluding hydrogens is 323 g/mol. The van der Waals surface area contributed by atoms with E-state index >= 15 is 0 Å². The van der Waals surface area contributed by atoms with Crippen LogP contribution in [-0.4, -0.2) is 6.61 Å². The van der Waals surface area contributed by atoms with Crippen LogP contribution in [0.2, 0.25) is 0 Å². The molecule has 1 aliphatic carbocycles. The van der Waals surface area contributed by atoms with Crippen molar-refractivity contribution in [2.75, 3.05) is 6.61 Å². The minimum Gasteiger partial charge on any atom is -0.494 e. The summed E-state index contributed by atoms with van der Waals surface area (Å²) in [7, 11) is 0. The third-order valence-corrected chi connectivity index (χ3v) is 5.56. The van der Waals surface area contributed by atoms with Crippen LogP contribution in [0.3, 0.4) is 0 Å². The highest BCUT2D eigenvalue weighted by atomic mass is 19.1. The topological polar surface area (TPSA) is 9.23 Å². The molecule has 0 heterocycles. The molecule has 0 amide bonds. The van der Waals surface area contributed by atoms with Gasteiger partial charge in [-0.05, 0) is 86.1 Å². The SMILES string of the molecule is CCOc1ccc(-c2ccc([C@H]3CC[C@H](CCC=CF)CC3)cc2)cc1. The molecule has 0 spiro atoms. The first-order chi connectivity index (χ1) is 12.8. The van der Waals surface area contributed by atoms with E-state index in [1.165, 1.54) is 42.4 Å². The van der Waals surface area contributed by atoms with Crippen LogP contribution < -0.4 is 4.74 Å². The quantitative estimate of drug-likeness (QED) is 0.508. The molecule has 0 saturated heterocycles. The Bertz CT molecular complexity index is 679. The van der Waals surface area contributed by atoms with Crippen molar-refractivity contribution in [2.45, 2.75) is 51.4 Å². The molecule has 138 valence electrons. The van der Waals surface area contributed by atoms with Gasteiger partial charge in [-0.1, -0.05) is 42.5 Å². The molecule has 1 fully saturated rings. The predicted molar refractivity (Wildman–Crippen MR) is 107 cm³/mol. The first-order valence-electron chi connectivity index (χ1n) is 9.88. The molecule has 0 atom stereocenters. The van der Waals surface area contributed by atoms with Crippen LogP contribution in [0, 0.1) is 5.92 Å². The highest BCUT2D eigenvalue weighted by Crippen LogP contribution is 2.38. The molecule has 0 aliphatic heterocycles. The van der Waals surface area contributed by atoms with Crippen molar-refractivity contribution in [1.82, 2.24) is 0 Å². The molecule has 1 saturated carbocycles. The van der Waals surface area contributed by atoms with Crippen LogP contribution in [0.1, 0.15) is 56.9 Å². The average molecular weight is 352 g/mol. The van der Waals surface area contributed by atoms with Gasteiger partial charge in [-0.15, -0.1) is 0 Å². The number of benzene rings is 2. The van der Waals surface area contributed by atoms with Gasteiger partial charge in [-0.25, -0.2) is 4.39 Å². The molecule has 2 aromatic rings. The second kappa shape index (κ2) is 9.56. The minimum absolute atomic E-state index is 0.678. The van der Waals surface area contributed by atoms with E-state index in [4.69, 9.17) is 4.74 Å². The molecule has 3 rings (SSSR count). The smallest absolute Gasteiger partial charge is 0.119 e. The molecule has 0 bridgehead atoms. The molecular formula is C24H29FO. The highest BCUT2D eigenvalue weighted by Gasteiger charge is 2.21. The van der Waals surface area contributed by atoms with Gasteiger partial charge in [-0.2, -0.15) is 0 Å². The number of allylic oxidation sites excluding steroid dienone is 1. The second-order valence-electron chi connectivity index (χ2n) is 7.24. The van der Waals surface area contributed by atoms with Gasteiger partial charge in [0, 0.05) is 0 Å². The molecule has 1 aliphatic rings. The lowest BCUT2D eigenvalue weighted by atomic mass is 9.77. The zero-order valence-electron chi connectivity index (χ0n) is 15.7. The van der Waals surface area contributed by atoms with E-state index in [9.17, 15) is 4.39 Å². The third-order valence-electron chi connectivity index (χ3n) is 5.56. The summed E-state index contributed by atoms with van der Waals surface area (Å²) >= 11 is 0. The van der Waals surface area contributed by atoms with Crippen LogP contribution in [0.15, 0.2) is 60.9 Å². The first kappa shape index (κ1) is 18.7. The first-order valence-corrected chi connectivity index (χ1v) is 9.88. The summed E-state index contributed by atoms with van der Waals surface area (Å²) in [4.78, 5) is 0. The maximum atomic E-state index is 12.1. The van der Waals surface area contributed by atoms with E-state index < -0.39 is 0 Å². The van der Waals surface area contributed by atoms with Crippen molar-refractivity contribution in [1.29, 1.82) is 0 Å². The van der Waals surface area contributed by atoms with Gasteiger partial charge in [0.05, 0.1) is 12.9 Å². The Labute approximate surface area is 156 Å². The Morgan fingerprint density at radius 1 is 0.923 bits per heavy atom. The van der Waals surface area contributed by atoms with Gasteiger partial charge in [-0.3, -0.25) is 0 Å². The van der Waals surface area contributed by atoms with Crippen LogP contribution in [0.5, 0.6) is 5.75 Å². The van der Waals surface area contributed by atoms with E-state index in [-0.39, 0.29) is 0 Å². The van der Waals surface area contributed by atoms with Crippen LogP contribution in [-0.2, 0) is 0 Å². The third kappa shape index (κ3) is 4.97. The van der Waals surface area contributed by atoms with Crippen molar-refractivity contribution >= 4 is 0 Å². The summed E-state index contributed by atoms with van der Waals surface area (Å²) in [5.41, 5.74) is 3.94. The summed E-state index contributed by atoms with van der Waals surface area (Å²) in [5.74, 6) is 2.37. The predicted octanol–water partition coefficient (Wildman–Crippen LogP) is 7.29. The molecule has 0 N–H and O–H groups in total. The zero-order chi connectivity index (χ0) is 18.2. The fourth-order valence-electron chi connectivity index (χ4n) is 4.04. The van der Waals surface area contributed by atoms with Crippen molar-refractivity contribution in [3.05, 3.63) is 66.5 Å². The summed E-state index contributed by atoms with van der Waals surface area (Å²) in [6, 6.07) is 17.4. The molecule has 2 aromatic carbocycles. The summed E-state index contributed by atoms with van der Waals surface area (Å²) in [6.45, 7) is 2.70. The normalized spacial score (nSPS) is 20.4. The fourth-order valence-corrected chi connectivity index (χ4v) is 4.04.